The number of nitrogens with zero attached hydrogens (tertiary/aromatic N) is 1. The molecule has 0 spiro atoms. The van der Waals surface area contributed by atoms with Gasteiger partial charge >= 0.3 is 6.03 Å². The molecule has 9 heteroatoms. The van der Waals surface area contributed by atoms with Crippen molar-refractivity contribution in [2.75, 3.05) is 26.7 Å². The quantitative estimate of drug-likeness (QED) is 0.387. The highest BCUT2D eigenvalue weighted by atomic mass is 16.2. The number of rotatable bonds is 6. The van der Waals surface area contributed by atoms with Gasteiger partial charge in [0.15, 0.2) is 0 Å². The van der Waals surface area contributed by atoms with Crippen molar-refractivity contribution in [2.24, 2.45) is 11.5 Å². The van der Waals surface area contributed by atoms with Crippen molar-refractivity contribution in [3.63, 3.8) is 0 Å². The molecule has 0 aromatic heterocycles. The van der Waals surface area contributed by atoms with E-state index in [1.807, 2.05) is 5.32 Å². The molecule has 0 aliphatic rings. The third kappa shape index (κ3) is 7.73. The number of hydrogen-bond acceptors (Lipinski definition) is 5. The lowest BCUT2D eigenvalue weighted by atomic mass is 10.4. The van der Waals surface area contributed by atoms with Gasteiger partial charge < -0.3 is 16.8 Å². The number of primary amides is 2. The smallest absolute Gasteiger partial charge is 0.321 e. The first-order valence-electron chi connectivity index (χ1n) is 4.65. The van der Waals surface area contributed by atoms with Crippen LogP contribution in [-0.2, 0) is 14.4 Å². The van der Waals surface area contributed by atoms with Crippen molar-refractivity contribution in [1.82, 2.24) is 15.5 Å². The van der Waals surface area contributed by atoms with Crippen molar-refractivity contribution in [2.45, 2.75) is 0 Å². The van der Waals surface area contributed by atoms with Crippen molar-refractivity contribution in [3.8, 4) is 0 Å². The van der Waals surface area contributed by atoms with Gasteiger partial charge in [0.2, 0.25) is 17.7 Å². The molecule has 6 N–H and O–H groups in total. The van der Waals surface area contributed by atoms with Crippen molar-refractivity contribution in [3.05, 3.63) is 0 Å². The van der Waals surface area contributed by atoms with E-state index < -0.39 is 23.8 Å². The fourth-order valence-corrected chi connectivity index (χ4v) is 1.04. The summed E-state index contributed by atoms with van der Waals surface area (Å²) in [6.07, 6.45) is 0. The summed E-state index contributed by atoms with van der Waals surface area (Å²) in [5.41, 5.74) is 9.86. The van der Waals surface area contributed by atoms with E-state index in [-0.39, 0.29) is 19.6 Å². The summed E-state index contributed by atoms with van der Waals surface area (Å²) in [6, 6.07) is -0.687. The van der Waals surface area contributed by atoms with Crippen LogP contribution in [0, 0.1) is 0 Å². The molecule has 0 rings (SSSR count). The minimum atomic E-state index is -0.709. The number of carbonyl (C=O) groups is 4. The van der Waals surface area contributed by atoms with Gasteiger partial charge in [-0.05, 0) is 0 Å². The Kier molecular flexibility index (Phi) is 6.26. The lowest BCUT2D eigenvalue weighted by molar-refractivity contribution is -0.125. The molecule has 0 aliphatic carbocycles. The Morgan fingerprint density at radius 2 is 1.47 bits per heavy atom. The Hall–Kier alpha value is -2.16. The maximum Gasteiger partial charge on any atom is 0.321 e. The van der Waals surface area contributed by atoms with E-state index >= 15 is 0 Å². The molecule has 0 aliphatic heterocycles. The maximum atomic E-state index is 11.3. The number of nitrogens with two attached hydrogens (primary N) is 2. The first-order chi connectivity index (χ1) is 7.85. The van der Waals surface area contributed by atoms with Crippen LogP contribution >= 0.6 is 0 Å². The first-order valence-corrected chi connectivity index (χ1v) is 4.65. The Labute approximate surface area is 97.5 Å². The predicted octanol–water partition coefficient (Wildman–Crippen LogP) is -3.29. The van der Waals surface area contributed by atoms with Gasteiger partial charge in [-0.1, -0.05) is 0 Å². The lowest BCUT2D eigenvalue weighted by Crippen LogP contribution is -2.47. The van der Waals surface area contributed by atoms with Crippen LogP contribution in [0.3, 0.4) is 0 Å². The van der Waals surface area contributed by atoms with E-state index in [9.17, 15) is 19.2 Å². The van der Waals surface area contributed by atoms with E-state index in [2.05, 4.69) is 5.32 Å². The standard InChI is InChI=1S/C8H15N5O4/c1-11-8(17)12-7(16)4-13(2-5(9)14)3-6(10)15/h2-4H2,1H3,(H2,9,14)(H2,10,15)(H2,11,12,16,17). The fourth-order valence-electron chi connectivity index (χ4n) is 1.04. The Morgan fingerprint density at radius 1 is 1.00 bits per heavy atom. The van der Waals surface area contributed by atoms with Gasteiger partial charge in [-0.15, -0.1) is 0 Å². The van der Waals surface area contributed by atoms with Gasteiger partial charge in [0.1, 0.15) is 0 Å². The molecule has 0 heterocycles. The minimum Gasteiger partial charge on any atom is -0.369 e. The van der Waals surface area contributed by atoms with Gasteiger partial charge in [0, 0.05) is 7.05 Å². The van der Waals surface area contributed by atoms with Gasteiger partial charge in [0.25, 0.3) is 0 Å². The molecule has 0 bridgehead atoms. The average molecular weight is 245 g/mol. The van der Waals surface area contributed by atoms with Gasteiger partial charge in [-0.3, -0.25) is 24.6 Å². The molecule has 0 aromatic carbocycles. The van der Waals surface area contributed by atoms with E-state index in [0.717, 1.165) is 4.90 Å². The topological polar surface area (TPSA) is 148 Å². The van der Waals surface area contributed by atoms with Crippen LogP contribution in [0.1, 0.15) is 0 Å². The van der Waals surface area contributed by atoms with Crippen LogP contribution in [0.25, 0.3) is 0 Å². The molecule has 0 radical (unpaired) electrons. The summed E-state index contributed by atoms with van der Waals surface area (Å²) in [4.78, 5) is 44.5. The molecule has 0 aromatic rings. The lowest BCUT2D eigenvalue weighted by Gasteiger charge is -2.17. The zero-order chi connectivity index (χ0) is 13.4. The zero-order valence-electron chi connectivity index (χ0n) is 9.36. The Balaban J connectivity index is 4.31. The minimum absolute atomic E-state index is 0.301. The molecule has 0 unspecified atom stereocenters. The van der Waals surface area contributed by atoms with E-state index in [1.54, 1.807) is 0 Å². The highest BCUT2D eigenvalue weighted by Gasteiger charge is 2.16. The third-order valence-electron chi connectivity index (χ3n) is 1.61. The maximum absolute atomic E-state index is 11.3. The molecule has 5 amide bonds. The SMILES string of the molecule is CNC(=O)NC(=O)CN(CC(N)=O)CC(N)=O. The van der Waals surface area contributed by atoms with Gasteiger partial charge in [0.05, 0.1) is 19.6 Å². The molecular weight excluding hydrogens is 230 g/mol. The predicted molar refractivity (Wildman–Crippen MR) is 57.4 cm³/mol. The van der Waals surface area contributed by atoms with Crippen LogP contribution < -0.4 is 22.1 Å². The number of carbonyl (C=O) groups excluding carboxylic acids is 4. The molecule has 0 saturated heterocycles. The highest BCUT2D eigenvalue weighted by Crippen LogP contribution is 1.87. The number of urea groups is 1. The van der Waals surface area contributed by atoms with E-state index in [1.165, 1.54) is 7.05 Å². The Bertz CT molecular complexity index is 314. The van der Waals surface area contributed by atoms with Crippen LogP contribution in [0.2, 0.25) is 0 Å². The fraction of sp³-hybridized carbons (Fsp3) is 0.500. The second kappa shape index (κ2) is 7.17. The highest BCUT2D eigenvalue weighted by molar-refractivity contribution is 5.95. The van der Waals surface area contributed by atoms with Crippen molar-refractivity contribution < 1.29 is 19.2 Å². The third-order valence-corrected chi connectivity index (χ3v) is 1.61. The molecule has 96 valence electrons. The molecule has 0 fully saturated rings. The zero-order valence-corrected chi connectivity index (χ0v) is 9.36. The summed E-state index contributed by atoms with van der Waals surface area (Å²) in [6.45, 7) is -0.937. The molecule has 17 heavy (non-hydrogen) atoms. The molecular formula is C8H15N5O4. The molecule has 0 saturated carbocycles. The largest absolute Gasteiger partial charge is 0.369 e. The number of imide groups is 1. The van der Waals surface area contributed by atoms with E-state index in [4.69, 9.17) is 11.5 Å². The average Bonchev–Trinajstić information content (AvgIpc) is 2.14. The van der Waals surface area contributed by atoms with Crippen molar-refractivity contribution >= 4 is 23.8 Å². The van der Waals surface area contributed by atoms with E-state index in [0.29, 0.717) is 0 Å². The molecule has 0 atom stereocenters. The van der Waals surface area contributed by atoms with Crippen LogP contribution in [0.15, 0.2) is 0 Å². The van der Waals surface area contributed by atoms with Crippen molar-refractivity contribution in [1.29, 1.82) is 0 Å². The second-order valence-electron chi connectivity index (χ2n) is 3.21. The van der Waals surface area contributed by atoms with Crippen LogP contribution in [0.5, 0.6) is 0 Å². The van der Waals surface area contributed by atoms with Gasteiger partial charge in [-0.2, -0.15) is 0 Å². The summed E-state index contributed by atoms with van der Waals surface area (Å²) < 4.78 is 0. The summed E-state index contributed by atoms with van der Waals surface area (Å²) in [7, 11) is 1.34. The number of hydrogen-bond donors (Lipinski definition) is 4. The number of nitrogens with one attached hydrogen (secondary N) is 2. The monoisotopic (exact) mass is 245 g/mol. The summed E-state index contributed by atoms with van der Waals surface area (Å²) in [5.74, 6) is -2.09. The van der Waals surface area contributed by atoms with Gasteiger partial charge in [-0.25, -0.2) is 4.79 Å². The second-order valence-corrected chi connectivity index (χ2v) is 3.21. The van der Waals surface area contributed by atoms with Crippen LogP contribution in [0.4, 0.5) is 4.79 Å². The summed E-state index contributed by atoms with van der Waals surface area (Å²) in [5, 5.41) is 4.15. The summed E-state index contributed by atoms with van der Waals surface area (Å²) >= 11 is 0. The normalized spacial score (nSPS) is 9.76. The first kappa shape index (κ1) is 14.8. The molecule has 9 nitrogen and oxygen atoms in total. The Morgan fingerprint density at radius 3 is 1.82 bits per heavy atom. The van der Waals surface area contributed by atoms with Crippen LogP contribution in [-0.4, -0.2) is 55.3 Å². The number of amides is 5.